The number of halogens is 1. The predicted octanol–water partition coefficient (Wildman–Crippen LogP) is 4.03. The van der Waals surface area contributed by atoms with E-state index in [0.717, 1.165) is 67.1 Å². The van der Waals surface area contributed by atoms with Crippen LogP contribution in [-0.4, -0.2) is 68.8 Å². The van der Waals surface area contributed by atoms with Crippen molar-refractivity contribution >= 4 is 42.4 Å². The summed E-state index contributed by atoms with van der Waals surface area (Å²) in [5.74, 6) is -0.147. The normalized spacial score (nSPS) is 20.1. The van der Waals surface area contributed by atoms with E-state index >= 15 is 0 Å². The van der Waals surface area contributed by atoms with E-state index in [4.69, 9.17) is 0 Å². The highest BCUT2D eigenvalue weighted by atomic mass is 79.9. The van der Waals surface area contributed by atoms with Gasteiger partial charge in [-0.1, -0.05) is 35.0 Å². The van der Waals surface area contributed by atoms with Gasteiger partial charge in [-0.3, -0.25) is 4.79 Å². The number of piperidine rings is 2. The Kier molecular flexibility index (Phi) is 7.78. The second-order valence-corrected chi connectivity index (χ2v) is 12.3. The molecule has 2 saturated heterocycles. The monoisotopic (exact) mass is 535 g/mol. The number of amides is 1. The van der Waals surface area contributed by atoms with Crippen molar-refractivity contribution in [1.82, 2.24) is 15.1 Å². The molecule has 33 heavy (non-hydrogen) atoms. The number of carbonyl (C=O) groups excluding carboxylic acids is 1. The van der Waals surface area contributed by atoms with E-state index in [2.05, 4.69) is 26.1 Å². The summed E-state index contributed by atoms with van der Waals surface area (Å²) in [7, 11) is -2.03. The zero-order chi connectivity index (χ0) is 23.6. The zero-order valence-electron chi connectivity index (χ0n) is 19.5. The van der Waals surface area contributed by atoms with Crippen molar-refractivity contribution in [1.29, 1.82) is 0 Å². The van der Waals surface area contributed by atoms with E-state index in [1.165, 1.54) is 4.90 Å². The van der Waals surface area contributed by atoms with Crippen molar-refractivity contribution < 1.29 is 13.2 Å². The molecule has 2 fully saturated rings. The Morgan fingerprint density at radius 1 is 1.09 bits per heavy atom. The van der Waals surface area contributed by atoms with Crippen LogP contribution in [0.4, 0.5) is 0 Å². The number of nitrogens with one attached hydrogen (secondary N) is 1. The summed E-state index contributed by atoms with van der Waals surface area (Å²) in [6.07, 6.45) is 4.29. The number of benzene rings is 2. The topological polar surface area (TPSA) is 69.7 Å². The van der Waals surface area contributed by atoms with Crippen LogP contribution in [0.1, 0.15) is 39.0 Å². The lowest BCUT2D eigenvalue weighted by atomic mass is 9.92. The van der Waals surface area contributed by atoms with Crippen LogP contribution in [0.15, 0.2) is 45.8 Å². The standard InChI is InChI=1S/C25H34BrN3O3S/c1-3-24(33(31,32)23-7-5-19-16-21(26)6-4-20(19)17-23)28(2)25(30)18-10-14-29(15-11-18)22-8-12-27-13-9-22/h4-7,16-18,22,24,27H,3,8-15H2,1-2H3. The fraction of sp³-hybridized carbons (Fsp3) is 0.560. The summed E-state index contributed by atoms with van der Waals surface area (Å²) in [5, 5.41) is 4.39. The Bertz CT molecular complexity index is 1090. The molecule has 2 heterocycles. The van der Waals surface area contributed by atoms with Gasteiger partial charge in [-0.05, 0) is 93.3 Å². The highest BCUT2D eigenvalue weighted by molar-refractivity contribution is 9.10. The lowest BCUT2D eigenvalue weighted by Crippen LogP contribution is -2.50. The van der Waals surface area contributed by atoms with E-state index in [1.54, 1.807) is 19.2 Å². The third kappa shape index (κ3) is 5.29. The summed E-state index contributed by atoms with van der Waals surface area (Å²) in [6.45, 7) is 5.80. The van der Waals surface area contributed by atoms with E-state index in [-0.39, 0.29) is 16.7 Å². The van der Waals surface area contributed by atoms with Crippen LogP contribution >= 0.6 is 15.9 Å². The van der Waals surface area contributed by atoms with Crippen molar-refractivity contribution in [2.45, 2.75) is 55.3 Å². The average molecular weight is 537 g/mol. The first kappa shape index (κ1) is 24.6. The molecule has 6 nitrogen and oxygen atoms in total. The molecule has 0 bridgehead atoms. The molecule has 1 N–H and O–H groups in total. The van der Waals surface area contributed by atoms with Crippen LogP contribution in [0.25, 0.3) is 10.8 Å². The first-order chi connectivity index (χ1) is 15.8. The van der Waals surface area contributed by atoms with E-state index in [9.17, 15) is 13.2 Å². The maximum Gasteiger partial charge on any atom is 0.226 e. The van der Waals surface area contributed by atoms with E-state index in [1.807, 2.05) is 31.2 Å². The molecule has 0 spiro atoms. The molecule has 0 radical (unpaired) electrons. The van der Waals surface area contributed by atoms with Crippen LogP contribution in [0.2, 0.25) is 0 Å². The number of fused-ring (bicyclic) bond motifs is 1. The molecule has 4 rings (SSSR count). The summed E-state index contributed by atoms with van der Waals surface area (Å²) in [4.78, 5) is 17.6. The van der Waals surface area contributed by atoms with Gasteiger partial charge in [0.25, 0.3) is 0 Å². The lowest BCUT2D eigenvalue weighted by Gasteiger charge is -2.40. The van der Waals surface area contributed by atoms with Gasteiger partial charge >= 0.3 is 0 Å². The number of hydrogen-bond donors (Lipinski definition) is 1. The average Bonchev–Trinajstić information content (AvgIpc) is 2.84. The molecule has 1 amide bonds. The molecule has 2 aliphatic heterocycles. The molecule has 0 aromatic heterocycles. The highest BCUT2D eigenvalue weighted by Crippen LogP contribution is 2.29. The van der Waals surface area contributed by atoms with Crippen molar-refractivity contribution in [2.75, 3.05) is 33.2 Å². The largest absolute Gasteiger partial charge is 0.328 e. The number of hydrogen-bond acceptors (Lipinski definition) is 5. The molecule has 1 unspecified atom stereocenters. The Hall–Kier alpha value is -1.48. The van der Waals surface area contributed by atoms with E-state index in [0.29, 0.717) is 12.5 Å². The molecule has 0 saturated carbocycles. The van der Waals surface area contributed by atoms with Crippen LogP contribution in [0.5, 0.6) is 0 Å². The third-order valence-electron chi connectivity index (χ3n) is 7.29. The minimum atomic E-state index is -3.69. The van der Waals surface area contributed by atoms with Crippen molar-refractivity contribution in [3.63, 3.8) is 0 Å². The second-order valence-electron chi connectivity index (χ2n) is 9.30. The van der Waals surface area contributed by atoms with Crippen molar-refractivity contribution in [2.24, 2.45) is 5.92 Å². The van der Waals surface area contributed by atoms with Gasteiger partial charge in [0.05, 0.1) is 4.90 Å². The van der Waals surface area contributed by atoms with Gasteiger partial charge in [0, 0.05) is 23.5 Å². The van der Waals surface area contributed by atoms with Gasteiger partial charge in [-0.25, -0.2) is 8.42 Å². The third-order valence-corrected chi connectivity index (χ3v) is 10.1. The Morgan fingerprint density at radius 3 is 2.39 bits per heavy atom. The quantitative estimate of drug-likeness (QED) is 0.604. The smallest absolute Gasteiger partial charge is 0.226 e. The number of sulfone groups is 1. The SMILES string of the molecule is CCC(N(C)C(=O)C1CCN(C2CCNCC2)CC1)S(=O)(=O)c1ccc2cc(Br)ccc2c1. The van der Waals surface area contributed by atoms with Gasteiger partial charge in [0.1, 0.15) is 5.37 Å². The van der Waals surface area contributed by atoms with Gasteiger partial charge in [-0.2, -0.15) is 0 Å². The molecule has 2 aliphatic rings. The lowest BCUT2D eigenvalue weighted by molar-refractivity contribution is -0.136. The maximum atomic E-state index is 13.5. The molecule has 8 heteroatoms. The second kappa shape index (κ2) is 10.4. The summed E-state index contributed by atoms with van der Waals surface area (Å²) < 4.78 is 28.0. The Labute approximate surface area is 205 Å². The predicted molar refractivity (Wildman–Crippen MR) is 136 cm³/mol. The van der Waals surface area contributed by atoms with Gasteiger partial charge in [0.2, 0.25) is 5.91 Å². The maximum absolute atomic E-state index is 13.5. The van der Waals surface area contributed by atoms with Crippen LogP contribution in [0, 0.1) is 5.92 Å². The number of nitrogens with zero attached hydrogens (tertiary/aromatic N) is 2. The van der Waals surface area contributed by atoms with Gasteiger partial charge in [0.15, 0.2) is 9.84 Å². The van der Waals surface area contributed by atoms with Crippen LogP contribution in [0.3, 0.4) is 0 Å². The number of carbonyl (C=O) groups is 1. The molecule has 2 aromatic rings. The van der Waals surface area contributed by atoms with Crippen molar-refractivity contribution in [3.05, 3.63) is 40.9 Å². The highest BCUT2D eigenvalue weighted by Gasteiger charge is 2.37. The Morgan fingerprint density at radius 2 is 1.73 bits per heavy atom. The molecule has 1 atom stereocenters. The molecule has 0 aliphatic carbocycles. The molecular formula is C25H34BrN3O3S. The summed E-state index contributed by atoms with van der Waals surface area (Å²) in [6, 6.07) is 11.6. The van der Waals surface area contributed by atoms with Gasteiger partial charge in [-0.15, -0.1) is 0 Å². The molecule has 180 valence electrons. The Balaban J connectivity index is 1.46. The number of rotatable bonds is 6. The van der Waals surface area contributed by atoms with Crippen molar-refractivity contribution in [3.8, 4) is 0 Å². The number of likely N-dealkylation sites (tertiary alicyclic amines) is 1. The summed E-state index contributed by atoms with van der Waals surface area (Å²) >= 11 is 3.46. The summed E-state index contributed by atoms with van der Waals surface area (Å²) in [5.41, 5.74) is 0. The molecule has 2 aromatic carbocycles. The zero-order valence-corrected chi connectivity index (χ0v) is 21.9. The minimum absolute atomic E-state index is 0.0416. The van der Waals surface area contributed by atoms with Crippen LogP contribution < -0.4 is 5.32 Å². The first-order valence-electron chi connectivity index (χ1n) is 12.0. The van der Waals surface area contributed by atoms with Crippen LogP contribution in [-0.2, 0) is 14.6 Å². The van der Waals surface area contributed by atoms with Gasteiger partial charge < -0.3 is 15.1 Å². The molecular weight excluding hydrogens is 502 g/mol. The minimum Gasteiger partial charge on any atom is -0.328 e. The fourth-order valence-corrected chi connectivity index (χ4v) is 7.54. The van der Waals surface area contributed by atoms with E-state index < -0.39 is 15.2 Å². The first-order valence-corrected chi connectivity index (χ1v) is 14.3. The fourth-order valence-electron chi connectivity index (χ4n) is 5.34.